The van der Waals surface area contributed by atoms with E-state index in [0.717, 1.165) is 50.3 Å². The SMILES string of the molecule is Cc1ccccc1N=c1ccc2c(-c3ccccc3C)c3ccc(Nc4ccccc4C)cc3oc-2c1. The molecule has 0 atom stereocenters. The maximum atomic E-state index is 6.57. The highest BCUT2D eigenvalue weighted by molar-refractivity contribution is 6.03. The Morgan fingerprint density at radius 2 is 1.35 bits per heavy atom. The molecule has 0 fully saturated rings. The highest BCUT2D eigenvalue weighted by Crippen LogP contribution is 2.41. The lowest BCUT2D eigenvalue weighted by Crippen LogP contribution is -2.03. The van der Waals surface area contributed by atoms with Gasteiger partial charge in [-0.25, -0.2) is 4.99 Å². The van der Waals surface area contributed by atoms with Gasteiger partial charge < -0.3 is 9.73 Å². The van der Waals surface area contributed by atoms with Crippen LogP contribution in [0.15, 0.2) is 119 Å². The number of nitrogens with zero attached hydrogens (tertiary/aromatic N) is 1. The molecule has 2 aliphatic rings. The summed E-state index contributed by atoms with van der Waals surface area (Å²) in [6.07, 6.45) is 0. The summed E-state index contributed by atoms with van der Waals surface area (Å²) in [5.74, 6) is 0.814. The largest absolute Gasteiger partial charge is 0.456 e. The molecule has 4 aromatic carbocycles. The summed E-state index contributed by atoms with van der Waals surface area (Å²) in [6.45, 7) is 6.35. The second-order valence-corrected chi connectivity index (χ2v) is 9.52. The lowest BCUT2D eigenvalue weighted by molar-refractivity contribution is 0.619. The quantitative estimate of drug-likeness (QED) is 0.255. The second kappa shape index (κ2) is 9.44. The highest BCUT2D eigenvalue weighted by Gasteiger charge is 2.18. The van der Waals surface area contributed by atoms with Gasteiger partial charge in [0, 0.05) is 40.0 Å². The molecule has 0 unspecified atom stereocenters. The van der Waals surface area contributed by atoms with E-state index in [4.69, 9.17) is 9.41 Å². The van der Waals surface area contributed by atoms with Crippen LogP contribution in [-0.2, 0) is 0 Å². The van der Waals surface area contributed by atoms with Crippen LogP contribution in [0.25, 0.3) is 33.4 Å². The van der Waals surface area contributed by atoms with Gasteiger partial charge in [-0.05, 0) is 79.4 Å². The fourth-order valence-corrected chi connectivity index (χ4v) is 4.87. The molecule has 1 heterocycles. The first kappa shape index (κ1) is 22.8. The third kappa shape index (κ3) is 4.41. The predicted molar refractivity (Wildman–Crippen MR) is 154 cm³/mol. The van der Waals surface area contributed by atoms with Crippen molar-refractivity contribution in [2.45, 2.75) is 20.8 Å². The minimum atomic E-state index is 0.814. The summed E-state index contributed by atoms with van der Waals surface area (Å²) in [7, 11) is 0. The van der Waals surface area contributed by atoms with Gasteiger partial charge in [0.1, 0.15) is 11.3 Å². The number of benzene rings is 5. The van der Waals surface area contributed by atoms with Crippen LogP contribution in [0.4, 0.5) is 17.1 Å². The first-order valence-corrected chi connectivity index (χ1v) is 12.6. The molecular weight excluding hydrogens is 452 g/mol. The van der Waals surface area contributed by atoms with Gasteiger partial charge in [0.05, 0.1) is 11.0 Å². The van der Waals surface area contributed by atoms with Gasteiger partial charge in [-0.1, -0.05) is 60.7 Å². The van der Waals surface area contributed by atoms with Gasteiger partial charge >= 0.3 is 0 Å². The van der Waals surface area contributed by atoms with Crippen LogP contribution in [0.2, 0.25) is 0 Å². The van der Waals surface area contributed by atoms with E-state index >= 15 is 0 Å². The summed E-state index contributed by atoms with van der Waals surface area (Å²) >= 11 is 0. The van der Waals surface area contributed by atoms with Crippen molar-refractivity contribution in [2.75, 3.05) is 5.32 Å². The molecule has 1 aliphatic heterocycles. The van der Waals surface area contributed by atoms with Gasteiger partial charge in [-0.15, -0.1) is 0 Å². The molecule has 6 rings (SSSR count). The molecule has 0 aromatic heterocycles. The average Bonchev–Trinajstić information content (AvgIpc) is 2.90. The van der Waals surface area contributed by atoms with Crippen molar-refractivity contribution in [3.8, 4) is 22.5 Å². The third-order valence-corrected chi connectivity index (χ3v) is 6.91. The Morgan fingerprint density at radius 3 is 2.14 bits per heavy atom. The number of nitrogens with one attached hydrogen (secondary N) is 1. The van der Waals surface area contributed by atoms with Gasteiger partial charge in [0.25, 0.3) is 0 Å². The minimum absolute atomic E-state index is 0.814. The zero-order chi connectivity index (χ0) is 25.4. The van der Waals surface area contributed by atoms with Crippen LogP contribution >= 0.6 is 0 Å². The second-order valence-electron chi connectivity index (χ2n) is 9.52. The molecular formula is C34H28N2O. The lowest BCUT2D eigenvalue weighted by Gasteiger charge is -2.18. The van der Waals surface area contributed by atoms with E-state index < -0.39 is 0 Å². The standard InChI is InChI=1S/C34H28N2O/c1-22-10-4-7-13-27(22)34-28-18-16-25(35-30-14-8-5-11-23(30)2)20-32(28)37-33-21-26(17-19-29(33)34)36-31-15-9-6-12-24(31)3/h4-21,35H,1-3H3. The van der Waals surface area contributed by atoms with E-state index in [1.165, 1.54) is 22.3 Å². The van der Waals surface area contributed by atoms with Crippen LogP contribution in [0, 0.1) is 20.8 Å². The van der Waals surface area contributed by atoms with Crippen molar-refractivity contribution in [3.63, 3.8) is 0 Å². The van der Waals surface area contributed by atoms with Gasteiger partial charge in [-0.2, -0.15) is 0 Å². The highest BCUT2D eigenvalue weighted by atomic mass is 16.3. The average molecular weight is 481 g/mol. The van der Waals surface area contributed by atoms with Crippen molar-refractivity contribution in [2.24, 2.45) is 4.99 Å². The Kier molecular flexibility index (Phi) is 5.82. The number of fused-ring (bicyclic) bond motifs is 2. The maximum Gasteiger partial charge on any atom is 0.137 e. The van der Waals surface area contributed by atoms with Crippen molar-refractivity contribution in [3.05, 3.63) is 131 Å². The van der Waals surface area contributed by atoms with E-state index in [2.05, 4.69) is 105 Å². The fraction of sp³-hybridized carbons (Fsp3) is 0.0882. The molecule has 0 bridgehead atoms. The number of rotatable bonds is 4. The zero-order valence-corrected chi connectivity index (χ0v) is 21.2. The molecule has 0 radical (unpaired) electrons. The summed E-state index contributed by atoms with van der Waals surface area (Å²) in [5, 5.41) is 5.51. The molecule has 4 aromatic rings. The normalized spacial score (nSPS) is 11.8. The topological polar surface area (TPSA) is 37.5 Å². The van der Waals surface area contributed by atoms with E-state index in [0.29, 0.717) is 0 Å². The van der Waals surface area contributed by atoms with Crippen molar-refractivity contribution >= 4 is 28.0 Å². The first-order chi connectivity index (χ1) is 18.1. The number of hydrogen-bond acceptors (Lipinski definition) is 3. The molecule has 1 N–H and O–H groups in total. The third-order valence-electron chi connectivity index (χ3n) is 6.91. The van der Waals surface area contributed by atoms with Crippen molar-refractivity contribution in [1.82, 2.24) is 0 Å². The Balaban J connectivity index is 1.58. The van der Waals surface area contributed by atoms with Gasteiger partial charge in [0.2, 0.25) is 0 Å². The smallest absolute Gasteiger partial charge is 0.137 e. The molecule has 3 nitrogen and oxygen atoms in total. The molecule has 180 valence electrons. The number of para-hydroxylation sites is 2. The number of aryl methyl sites for hydroxylation is 3. The maximum absolute atomic E-state index is 6.57. The predicted octanol–water partition coefficient (Wildman–Crippen LogP) is 9.11. The monoisotopic (exact) mass is 480 g/mol. The molecule has 0 spiro atoms. The Bertz CT molecular complexity index is 1790. The summed E-state index contributed by atoms with van der Waals surface area (Å²) in [6, 6.07) is 37.6. The van der Waals surface area contributed by atoms with Crippen LogP contribution < -0.4 is 10.7 Å². The van der Waals surface area contributed by atoms with Crippen LogP contribution in [0.3, 0.4) is 0 Å². The number of hydrogen-bond donors (Lipinski definition) is 1. The summed E-state index contributed by atoms with van der Waals surface area (Å²) in [5.41, 5.74) is 10.9. The fourth-order valence-electron chi connectivity index (χ4n) is 4.87. The molecule has 1 aliphatic carbocycles. The van der Waals surface area contributed by atoms with Crippen LogP contribution in [0.1, 0.15) is 16.7 Å². The van der Waals surface area contributed by atoms with Crippen LogP contribution in [0.5, 0.6) is 0 Å². The van der Waals surface area contributed by atoms with E-state index in [-0.39, 0.29) is 0 Å². The van der Waals surface area contributed by atoms with E-state index in [1.54, 1.807) is 0 Å². The van der Waals surface area contributed by atoms with Crippen molar-refractivity contribution in [1.29, 1.82) is 0 Å². The van der Waals surface area contributed by atoms with Gasteiger partial charge in [-0.3, -0.25) is 0 Å². The van der Waals surface area contributed by atoms with E-state index in [1.807, 2.05) is 30.3 Å². The molecule has 0 amide bonds. The lowest BCUT2D eigenvalue weighted by atomic mass is 9.91. The zero-order valence-electron chi connectivity index (χ0n) is 21.2. The van der Waals surface area contributed by atoms with E-state index in [9.17, 15) is 0 Å². The van der Waals surface area contributed by atoms with Gasteiger partial charge in [0.15, 0.2) is 0 Å². The van der Waals surface area contributed by atoms with Crippen molar-refractivity contribution < 1.29 is 4.42 Å². The number of anilines is 2. The molecule has 0 saturated carbocycles. The first-order valence-electron chi connectivity index (χ1n) is 12.6. The Labute approximate surface area is 217 Å². The Hall–Kier alpha value is -4.63. The molecule has 0 saturated heterocycles. The molecule has 37 heavy (non-hydrogen) atoms. The summed E-state index contributed by atoms with van der Waals surface area (Å²) in [4.78, 5) is 4.90. The Morgan fingerprint density at radius 1 is 0.622 bits per heavy atom. The molecule has 3 heteroatoms. The summed E-state index contributed by atoms with van der Waals surface area (Å²) < 4.78 is 6.57. The van der Waals surface area contributed by atoms with Crippen LogP contribution in [-0.4, -0.2) is 0 Å². The minimum Gasteiger partial charge on any atom is -0.456 e.